The molecule has 0 amide bonds. The summed E-state index contributed by atoms with van der Waals surface area (Å²) in [6.07, 6.45) is 1.70. The van der Waals surface area contributed by atoms with E-state index in [1.54, 1.807) is 6.20 Å². The number of halogens is 1. The number of nitrogens with zero attached hydrogens (tertiary/aromatic N) is 2. The van der Waals surface area contributed by atoms with Crippen molar-refractivity contribution in [2.45, 2.75) is 26.3 Å². The van der Waals surface area contributed by atoms with Gasteiger partial charge in [-0.1, -0.05) is 56.3 Å². The lowest BCUT2D eigenvalue weighted by Crippen LogP contribution is -2.22. The van der Waals surface area contributed by atoms with E-state index in [9.17, 15) is 0 Å². The average Bonchev–Trinajstić information content (AvgIpc) is 3.10. The lowest BCUT2D eigenvalue weighted by Gasteiger charge is -2.09. The van der Waals surface area contributed by atoms with E-state index in [-0.39, 0.29) is 30.5 Å². The molecule has 0 atom stereocenters. The summed E-state index contributed by atoms with van der Waals surface area (Å²) in [4.78, 5) is 8.55. The highest BCUT2D eigenvalue weighted by atomic mass is 127. The van der Waals surface area contributed by atoms with Gasteiger partial charge in [-0.3, -0.25) is 0 Å². The topological polar surface area (TPSA) is 76.4 Å². The van der Waals surface area contributed by atoms with Gasteiger partial charge in [0, 0.05) is 11.3 Å². The van der Waals surface area contributed by atoms with Gasteiger partial charge in [0.05, 0.1) is 6.20 Å². The third kappa shape index (κ3) is 5.32. The molecule has 0 aliphatic carbocycles. The molecule has 0 saturated carbocycles. The number of benzene rings is 2. The Bertz CT molecular complexity index is 859. The van der Waals surface area contributed by atoms with Crippen molar-refractivity contribution < 1.29 is 4.42 Å². The molecule has 0 bridgehead atoms. The summed E-state index contributed by atoms with van der Waals surface area (Å²) in [6, 6.07) is 18.0. The van der Waals surface area contributed by atoms with Crippen molar-refractivity contribution in [2.24, 2.45) is 10.7 Å². The highest BCUT2D eigenvalue weighted by molar-refractivity contribution is 14.0. The first kappa shape index (κ1) is 20.0. The number of hydrogen-bond acceptors (Lipinski definition) is 3. The molecule has 0 spiro atoms. The van der Waals surface area contributed by atoms with Crippen LogP contribution in [0.25, 0.3) is 11.3 Å². The number of aromatic nitrogens is 1. The van der Waals surface area contributed by atoms with E-state index in [4.69, 9.17) is 10.2 Å². The molecule has 0 radical (unpaired) electrons. The highest BCUT2D eigenvalue weighted by Gasteiger charge is 2.06. The van der Waals surface area contributed by atoms with Crippen LogP contribution in [0.1, 0.15) is 31.2 Å². The average molecular weight is 462 g/mol. The second-order valence-corrected chi connectivity index (χ2v) is 6.09. The number of rotatable bonds is 5. The maximum atomic E-state index is 5.97. The lowest BCUT2D eigenvalue weighted by molar-refractivity contribution is 0.510. The molecule has 6 heteroatoms. The SMILES string of the molecule is CC(C)c1cccc(NC(N)=NCc2ncc(-c3ccccc3)o2)c1.I. The van der Waals surface area contributed by atoms with Crippen molar-refractivity contribution in [3.63, 3.8) is 0 Å². The molecule has 2 aromatic carbocycles. The zero-order chi connectivity index (χ0) is 17.6. The molecule has 136 valence electrons. The van der Waals surface area contributed by atoms with Gasteiger partial charge >= 0.3 is 0 Å². The molecule has 0 aliphatic heterocycles. The van der Waals surface area contributed by atoms with Gasteiger partial charge in [-0.2, -0.15) is 0 Å². The number of nitrogens with one attached hydrogen (secondary N) is 1. The third-order valence-electron chi connectivity index (χ3n) is 3.82. The summed E-state index contributed by atoms with van der Waals surface area (Å²) in [5.41, 5.74) is 9.12. The summed E-state index contributed by atoms with van der Waals surface area (Å²) < 4.78 is 5.72. The maximum absolute atomic E-state index is 5.97. The number of anilines is 1. The van der Waals surface area contributed by atoms with Crippen LogP contribution in [0.4, 0.5) is 5.69 Å². The van der Waals surface area contributed by atoms with Crippen LogP contribution in [-0.2, 0) is 6.54 Å². The summed E-state index contributed by atoms with van der Waals surface area (Å²) >= 11 is 0. The van der Waals surface area contributed by atoms with Gasteiger partial charge in [-0.15, -0.1) is 24.0 Å². The van der Waals surface area contributed by atoms with Gasteiger partial charge in [-0.05, 0) is 23.6 Å². The zero-order valence-corrected chi connectivity index (χ0v) is 17.2. The van der Waals surface area contributed by atoms with Crippen LogP contribution in [0, 0.1) is 0 Å². The normalized spacial score (nSPS) is 11.3. The Kier molecular flexibility index (Phi) is 7.20. The molecule has 1 heterocycles. The van der Waals surface area contributed by atoms with E-state index >= 15 is 0 Å². The third-order valence-corrected chi connectivity index (χ3v) is 3.82. The first-order valence-electron chi connectivity index (χ1n) is 8.29. The standard InChI is InChI=1S/C20H22N4O.HI/c1-14(2)16-9-6-10-17(11-16)24-20(21)23-13-19-22-12-18(25-19)15-7-4-3-5-8-15;/h3-12,14H,13H2,1-2H3,(H3,21,23,24);1H. The first-order valence-corrected chi connectivity index (χ1v) is 8.29. The van der Waals surface area contributed by atoms with Crippen LogP contribution in [0.3, 0.4) is 0 Å². The van der Waals surface area contributed by atoms with Crippen LogP contribution < -0.4 is 11.1 Å². The van der Waals surface area contributed by atoms with Gasteiger partial charge in [0.15, 0.2) is 11.7 Å². The van der Waals surface area contributed by atoms with Gasteiger partial charge in [0.25, 0.3) is 0 Å². The molecule has 1 aromatic heterocycles. The van der Waals surface area contributed by atoms with Gasteiger partial charge in [0.2, 0.25) is 5.89 Å². The minimum atomic E-state index is 0. The second-order valence-electron chi connectivity index (χ2n) is 6.09. The number of guanidine groups is 1. The molecular weight excluding hydrogens is 439 g/mol. The quantitative estimate of drug-likeness (QED) is 0.318. The molecule has 5 nitrogen and oxygen atoms in total. The van der Waals surface area contributed by atoms with Crippen LogP contribution in [0.5, 0.6) is 0 Å². The van der Waals surface area contributed by atoms with Gasteiger partial charge < -0.3 is 15.5 Å². The fourth-order valence-corrected chi connectivity index (χ4v) is 2.43. The zero-order valence-electron chi connectivity index (χ0n) is 14.8. The van der Waals surface area contributed by atoms with Crippen LogP contribution in [-0.4, -0.2) is 10.9 Å². The second kappa shape index (κ2) is 9.38. The predicted molar refractivity (Wildman–Crippen MR) is 117 cm³/mol. The minimum absolute atomic E-state index is 0. The lowest BCUT2D eigenvalue weighted by atomic mass is 10.0. The maximum Gasteiger partial charge on any atom is 0.216 e. The largest absolute Gasteiger partial charge is 0.439 e. The van der Waals surface area contributed by atoms with Gasteiger partial charge in [-0.25, -0.2) is 9.98 Å². The van der Waals surface area contributed by atoms with E-state index < -0.39 is 0 Å². The van der Waals surface area contributed by atoms with Crippen LogP contribution in [0.15, 0.2) is 70.2 Å². The minimum Gasteiger partial charge on any atom is -0.439 e. The number of aliphatic imine (C=N–C) groups is 1. The Morgan fingerprint density at radius 3 is 2.65 bits per heavy atom. The fraction of sp³-hybridized carbons (Fsp3) is 0.200. The first-order chi connectivity index (χ1) is 12.1. The predicted octanol–water partition coefficient (Wildman–Crippen LogP) is 5.01. The summed E-state index contributed by atoms with van der Waals surface area (Å²) in [5, 5.41) is 3.10. The summed E-state index contributed by atoms with van der Waals surface area (Å²) in [6.45, 7) is 4.60. The van der Waals surface area contributed by atoms with Crippen molar-refractivity contribution in [3.05, 3.63) is 72.2 Å². The van der Waals surface area contributed by atoms with Crippen molar-refractivity contribution in [2.75, 3.05) is 5.32 Å². The van der Waals surface area contributed by atoms with E-state index in [2.05, 4.69) is 41.3 Å². The molecule has 0 aliphatic rings. The van der Waals surface area contributed by atoms with E-state index in [0.29, 0.717) is 17.8 Å². The smallest absolute Gasteiger partial charge is 0.216 e. The molecule has 26 heavy (non-hydrogen) atoms. The van der Waals surface area contributed by atoms with Crippen molar-refractivity contribution in [1.29, 1.82) is 0 Å². The van der Waals surface area contributed by atoms with E-state index in [0.717, 1.165) is 17.0 Å². The summed E-state index contributed by atoms with van der Waals surface area (Å²) in [5.74, 6) is 2.05. The molecule has 0 unspecified atom stereocenters. The molecule has 3 rings (SSSR count). The Morgan fingerprint density at radius 1 is 1.15 bits per heavy atom. The molecule has 0 saturated heterocycles. The van der Waals surface area contributed by atoms with Crippen LogP contribution in [0.2, 0.25) is 0 Å². The molecule has 0 fully saturated rings. The number of hydrogen-bond donors (Lipinski definition) is 2. The van der Waals surface area contributed by atoms with Crippen molar-refractivity contribution in [3.8, 4) is 11.3 Å². The van der Waals surface area contributed by atoms with Gasteiger partial charge in [0.1, 0.15) is 6.54 Å². The molecule has 3 N–H and O–H groups in total. The Hall–Kier alpha value is -2.35. The fourth-order valence-electron chi connectivity index (χ4n) is 2.43. The Morgan fingerprint density at radius 2 is 1.92 bits per heavy atom. The number of nitrogens with two attached hydrogens (primary N) is 1. The van der Waals surface area contributed by atoms with Crippen LogP contribution >= 0.6 is 24.0 Å². The van der Waals surface area contributed by atoms with Crippen molar-refractivity contribution in [1.82, 2.24) is 4.98 Å². The Labute approximate surface area is 170 Å². The number of oxazole rings is 1. The summed E-state index contributed by atoms with van der Waals surface area (Å²) in [7, 11) is 0. The molecule has 3 aromatic rings. The monoisotopic (exact) mass is 462 g/mol. The van der Waals surface area contributed by atoms with E-state index in [1.165, 1.54) is 5.56 Å². The molecular formula is C20H23IN4O. The highest BCUT2D eigenvalue weighted by Crippen LogP contribution is 2.20. The van der Waals surface area contributed by atoms with E-state index in [1.807, 2.05) is 42.5 Å². The Balaban J connectivity index is 0.00000243. The van der Waals surface area contributed by atoms with Crippen molar-refractivity contribution >= 4 is 35.6 Å².